The minimum absolute atomic E-state index is 0.0353. The van der Waals surface area contributed by atoms with Crippen LogP contribution in [0.5, 0.6) is 0 Å². The monoisotopic (exact) mass is 340 g/mol. The molecule has 25 heavy (non-hydrogen) atoms. The highest BCUT2D eigenvalue weighted by atomic mass is 16.3. The second-order valence-corrected chi connectivity index (χ2v) is 6.76. The largest absolute Gasteiger partial charge is 0.393 e. The van der Waals surface area contributed by atoms with Crippen LogP contribution in [0.4, 0.5) is 0 Å². The van der Waals surface area contributed by atoms with Gasteiger partial charge in [-0.3, -0.25) is 9.59 Å². The van der Waals surface area contributed by atoms with Crippen LogP contribution in [0.25, 0.3) is 10.8 Å². The molecule has 0 spiro atoms. The van der Waals surface area contributed by atoms with Crippen LogP contribution < -0.4 is 10.9 Å². The van der Waals surface area contributed by atoms with Gasteiger partial charge < -0.3 is 10.4 Å². The Morgan fingerprint density at radius 3 is 2.76 bits per heavy atom. The maximum absolute atomic E-state index is 12.7. The fraction of sp³-hybridized carbons (Fsp3) is 0.444. The van der Waals surface area contributed by atoms with E-state index in [4.69, 9.17) is 5.26 Å². The minimum Gasteiger partial charge on any atom is -0.393 e. The van der Waals surface area contributed by atoms with E-state index in [9.17, 15) is 14.7 Å². The lowest BCUT2D eigenvalue weighted by Gasteiger charge is -2.31. The zero-order chi connectivity index (χ0) is 18.1. The predicted molar refractivity (Wildman–Crippen MR) is 92.0 cm³/mol. The van der Waals surface area contributed by atoms with Gasteiger partial charge in [0.1, 0.15) is 6.54 Å². The summed E-state index contributed by atoms with van der Waals surface area (Å²) in [6.45, 7) is 3.73. The van der Waals surface area contributed by atoms with Gasteiger partial charge in [-0.05, 0) is 37.0 Å². The van der Waals surface area contributed by atoms with Gasteiger partial charge in [-0.25, -0.2) is 4.68 Å². The van der Waals surface area contributed by atoms with Gasteiger partial charge in [-0.15, -0.1) is 0 Å². The summed E-state index contributed by atoms with van der Waals surface area (Å²) in [4.78, 5) is 24.8. The van der Waals surface area contributed by atoms with Gasteiger partial charge in [-0.1, -0.05) is 13.8 Å². The predicted octanol–water partition coefficient (Wildman–Crippen LogP) is 1.03. The molecule has 2 aromatic rings. The Morgan fingerprint density at radius 1 is 1.44 bits per heavy atom. The van der Waals surface area contributed by atoms with Gasteiger partial charge in [0.2, 0.25) is 5.91 Å². The van der Waals surface area contributed by atoms with E-state index in [0.29, 0.717) is 34.9 Å². The van der Waals surface area contributed by atoms with Crippen molar-refractivity contribution in [3.8, 4) is 6.07 Å². The number of nitriles is 1. The summed E-state index contributed by atoms with van der Waals surface area (Å²) >= 11 is 0. The highest BCUT2D eigenvalue weighted by Gasteiger charge is 2.28. The molecule has 1 amide bonds. The summed E-state index contributed by atoms with van der Waals surface area (Å²) in [6.07, 6.45) is 0.730. The highest BCUT2D eigenvalue weighted by Crippen LogP contribution is 2.22. The number of fused-ring (bicyclic) bond motifs is 1. The number of nitrogens with zero attached hydrogens (tertiary/aromatic N) is 3. The van der Waals surface area contributed by atoms with Crippen LogP contribution in [0.2, 0.25) is 0 Å². The Labute approximate surface area is 144 Å². The molecule has 1 aliphatic carbocycles. The van der Waals surface area contributed by atoms with Crippen LogP contribution >= 0.6 is 0 Å². The molecular weight excluding hydrogens is 320 g/mol. The molecule has 130 valence electrons. The standard InChI is InChI=1S/C18H20N4O3/c1-10(2)17-15-5-11(8-19)3-4-14(15)18(25)22(21-17)9-16(24)20-12-6-13(23)7-12/h3-5,10,12-13,23H,6-7,9H2,1-2H3,(H,20,24). The number of rotatable bonds is 4. The smallest absolute Gasteiger partial charge is 0.275 e. The van der Waals surface area contributed by atoms with Crippen molar-refractivity contribution in [3.05, 3.63) is 39.8 Å². The molecule has 1 aromatic carbocycles. The number of hydrogen-bond acceptors (Lipinski definition) is 5. The summed E-state index contributed by atoms with van der Waals surface area (Å²) < 4.78 is 1.17. The first-order valence-corrected chi connectivity index (χ1v) is 8.31. The van der Waals surface area contributed by atoms with Crippen molar-refractivity contribution in [2.75, 3.05) is 0 Å². The lowest BCUT2D eigenvalue weighted by Crippen LogP contribution is -2.48. The lowest BCUT2D eigenvalue weighted by atomic mass is 9.89. The second-order valence-electron chi connectivity index (χ2n) is 6.76. The average molecular weight is 340 g/mol. The van der Waals surface area contributed by atoms with Crippen molar-refractivity contribution in [2.24, 2.45) is 0 Å². The van der Waals surface area contributed by atoms with Crippen molar-refractivity contribution in [1.29, 1.82) is 5.26 Å². The van der Waals surface area contributed by atoms with E-state index in [-0.39, 0.29) is 36.1 Å². The van der Waals surface area contributed by atoms with E-state index in [0.717, 1.165) is 0 Å². The first-order chi connectivity index (χ1) is 11.9. The Balaban J connectivity index is 1.95. The van der Waals surface area contributed by atoms with Gasteiger partial charge in [-0.2, -0.15) is 10.4 Å². The van der Waals surface area contributed by atoms with Gasteiger partial charge >= 0.3 is 0 Å². The molecule has 0 aliphatic heterocycles. The van der Waals surface area contributed by atoms with Gasteiger partial charge in [0, 0.05) is 11.4 Å². The average Bonchev–Trinajstić information content (AvgIpc) is 2.55. The second kappa shape index (κ2) is 6.65. The van der Waals surface area contributed by atoms with E-state index in [1.807, 2.05) is 13.8 Å². The maximum atomic E-state index is 12.7. The number of nitrogens with one attached hydrogen (secondary N) is 1. The van der Waals surface area contributed by atoms with Crippen molar-refractivity contribution in [3.63, 3.8) is 0 Å². The van der Waals surface area contributed by atoms with Crippen molar-refractivity contribution >= 4 is 16.7 Å². The number of aromatic nitrogens is 2. The maximum Gasteiger partial charge on any atom is 0.275 e. The third kappa shape index (κ3) is 3.39. The molecule has 0 bridgehead atoms. The Hall–Kier alpha value is -2.72. The quantitative estimate of drug-likeness (QED) is 0.864. The Kier molecular flexibility index (Phi) is 4.55. The topological polar surface area (TPSA) is 108 Å². The Bertz CT molecular complexity index is 920. The van der Waals surface area contributed by atoms with Crippen molar-refractivity contribution in [2.45, 2.75) is 51.3 Å². The molecule has 2 N–H and O–H groups in total. The van der Waals surface area contributed by atoms with Crippen molar-refractivity contribution < 1.29 is 9.90 Å². The van der Waals surface area contributed by atoms with E-state index in [2.05, 4.69) is 16.5 Å². The van der Waals surface area contributed by atoms with Crippen LogP contribution in [0.15, 0.2) is 23.0 Å². The molecule has 1 aromatic heterocycles. The van der Waals surface area contributed by atoms with E-state index in [1.54, 1.807) is 18.2 Å². The number of carbonyl (C=O) groups is 1. The molecule has 1 fully saturated rings. The van der Waals surface area contributed by atoms with Crippen LogP contribution in [0.3, 0.4) is 0 Å². The van der Waals surface area contributed by atoms with Gasteiger partial charge in [0.15, 0.2) is 0 Å². The molecule has 0 unspecified atom stereocenters. The first-order valence-electron chi connectivity index (χ1n) is 8.31. The third-order valence-corrected chi connectivity index (χ3v) is 4.44. The zero-order valence-corrected chi connectivity index (χ0v) is 14.2. The summed E-state index contributed by atoms with van der Waals surface area (Å²) in [5, 5.41) is 26.6. The van der Waals surface area contributed by atoms with E-state index < -0.39 is 0 Å². The summed E-state index contributed by atoms with van der Waals surface area (Å²) in [5.41, 5.74) is 0.792. The van der Waals surface area contributed by atoms with Crippen LogP contribution in [-0.4, -0.2) is 32.9 Å². The zero-order valence-electron chi connectivity index (χ0n) is 14.2. The van der Waals surface area contributed by atoms with E-state index in [1.165, 1.54) is 4.68 Å². The lowest BCUT2D eigenvalue weighted by molar-refractivity contribution is -0.123. The van der Waals surface area contributed by atoms with E-state index >= 15 is 0 Å². The van der Waals surface area contributed by atoms with Crippen molar-refractivity contribution in [1.82, 2.24) is 15.1 Å². The van der Waals surface area contributed by atoms with Gasteiger partial charge in [0.05, 0.1) is 28.8 Å². The molecule has 1 heterocycles. The molecule has 0 radical (unpaired) electrons. The number of aliphatic hydroxyl groups excluding tert-OH is 1. The number of amides is 1. The van der Waals surface area contributed by atoms with Crippen LogP contribution in [-0.2, 0) is 11.3 Å². The Morgan fingerprint density at radius 2 is 2.16 bits per heavy atom. The highest BCUT2D eigenvalue weighted by molar-refractivity contribution is 5.85. The molecule has 3 rings (SSSR count). The molecular formula is C18H20N4O3. The number of aliphatic hydroxyl groups is 1. The number of carbonyl (C=O) groups excluding carboxylic acids is 1. The van der Waals surface area contributed by atoms with Gasteiger partial charge in [0.25, 0.3) is 5.56 Å². The fourth-order valence-corrected chi connectivity index (χ4v) is 3.03. The molecule has 0 saturated heterocycles. The summed E-state index contributed by atoms with van der Waals surface area (Å²) in [5.74, 6) is -0.262. The summed E-state index contributed by atoms with van der Waals surface area (Å²) in [6, 6.07) is 6.90. The molecule has 0 atom stereocenters. The fourth-order valence-electron chi connectivity index (χ4n) is 3.03. The first kappa shape index (κ1) is 17.1. The third-order valence-electron chi connectivity index (χ3n) is 4.44. The number of hydrogen-bond donors (Lipinski definition) is 2. The minimum atomic E-state index is -0.354. The SMILES string of the molecule is CC(C)c1nn(CC(=O)NC2CC(O)C2)c(=O)c2ccc(C#N)cc12. The molecule has 7 nitrogen and oxygen atoms in total. The number of benzene rings is 1. The van der Waals surface area contributed by atoms with Crippen LogP contribution in [0.1, 0.15) is 43.9 Å². The summed E-state index contributed by atoms with van der Waals surface area (Å²) in [7, 11) is 0. The molecule has 1 aliphatic rings. The molecule has 1 saturated carbocycles. The van der Waals surface area contributed by atoms with Crippen LogP contribution in [0, 0.1) is 11.3 Å². The molecule has 7 heteroatoms. The normalized spacial score (nSPS) is 19.5.